The van der Waals surface area contributed by atoms with E-state index in [2.05, 4.69) is 0 Å². The van der Waals surface area contributed by atoms with Crippen molar-refractivity contribution in [1.82, 2.24) is 0 Å². The Balaban J connectivity index is 3.68. The Morgan fingerprint density at radius 2 is 2.00 bits per heavy atom. The summed E-state index contributed by atoms with van der Waals surface area (Å²) < 4.78 is 10.8. The quantitative estimate of drug-likeness (QED) is 0.534. The third kappa shape index (κ3) is 4.52. The lowest BCUT2D eigenvalue weighted by molar-refractivity contribution is -0.0321. The lowest BCUT2D eigenvalue weighted by Gasteiger charge is -2.27. The molecule has 0 saturated heterocycles. The van der Waals surface area contributed by atoms with Crippen molar-refractivity contribution in [3.63, 3.8) is 0 Å². The highest BCUT2D eigenvalue weighted by Gasteiger charge is 2.21. The van der Waals surface area contributed by atoms with Gasteiger partial charge in [-0.05, 0) is 13.8 Å². The summed E-state index contributed by atoms with van der Waals surface area (Å²) in [5.74, 6) is 0. The molecule has 4 heteroatoms. The van der Waals surface area contributed by atoms with Crippen molar-refractivity contribution >= 4 is 10.2 Å². The molecule has 0 rings (SSSR count). The Kier molecular flexibility index (Phi) is 5.76. The summed E-state index contributed by atoms with van der Waals surface area (Å²) >= 11 is 0. The van der Waals surface area contributed by atoms with Gasteiger partial charge in [-0.2, -0.15) is 0 Å². The fourth-order valence-electron chi connectivity index (χ4n) is 0.826. The standard InChI is InChI=1S/C7H19NO2Si/c1-3-9-6-7(11,5-8)10-4-2/h3-6,8H2,1-2,11H3. The van der Waals surface area contributed by atoms with Crippen LogP contribution in [0.4, 0.5) is 0 Å². The Morgan fingerprint density at radius 1 is 1.36 bits per heavy atom. The fraction of sp³-hybridized carbons (Fsp3) is 1.00. The third-order valence-corrected chi connectivity index (χ3v) is 2.52. The smallest absolute Gasteiger partial charge is 0.0829 e. The van der Waals surface area contributed by atoms with Crippen LogP contribution in [0.3, 0.4) is 0 Å². The third-order valence-electron chi connectivity index (χ3n) is 1.54. The second-order valence-corrected chi connectivity index (χ2v) is 4.55. The van der Waals surface area contributed by atoms with E-state index in [0.29, 0.717) is 19.8 Å². The van der Waals surface area contributed by atoms with Crippen LogP contribution in [0.25, 0.3) is 0 Å². The van der Waals surface area contributed by atoms with Gasteiger partial charge >= 0.3 is 0 Å². The van der Waals surface area contributed by atoms with Gasteiger partial charge in [0.2, 0.25) is 0 Å². The molecule has 0 aromatic heterocycles. The van der Waals surface area contributed by atoms with E-state index in [1.807, 2.05) is 13.8 Å². The van der Waals surface area contributed by atoms with Gasteiger partial charge in [0, 0.05) is 30.0 Å². The maximum Gasteiger partial charge on any atom is 0.0829 e. The van der Waals surface area contributed by atoms with E-state index in [0.717, 1.165) is 16.8 Å². The minimum absolute atomic E-state index is 0.162. The fourth-order valence-corrected chi connectivity index (χ4v) is 1.32. The van der Waals surface area contributed by atoms with Crippen molar-refractivity contribution < 1.29 is 9.47 Å². The van der Waals surface area contributed by atoms with E-state index in [9.17, 15) is 0 Å². The molecule has 0 amide bonds. The van der Waals surface area contributed by atoms with Gasteiger partial charge in [0.25, 0.3) is 0 Å². The molecule has 0 aliphatic heterocycles. The van der Waals surface area contributed by atoms with Crippen LogP contribution in [0.15, 0.2) is 0 Å². The molecule has 1 atom stereocenters. The second-order valence-electron chi connectivity index (χ2n) is 2.72. The lowest BCUT2D eigenvalue weighted by Crippen LogP contribution is -2.45. The van der Waals surface area contributed by atoms with Crippen LogP contribution in [0, 0.1) is 0 Å². The summed E-state index contributed by atoms with van der Waals surface area (Å²) in [5.41, 5.74) is 5.56. The summed E-state index contributed by atoms with van der Waals surface area (Å²) in [6.45, 7) is 6.61. The predicted octanol–water partition coefficient (Wildman–Crippen LogP) is -0.920. The first-order chi connectivity index (χ1) is 5.18. The number of ether oxygens (including phenoxy) is 2. The number of hydrogen-bond donors (Lipinski definition) is 1. The SMILES string of the molecule is CCOCC([SiH3])(CN)OCC. The highest BCUT2D eigenvalue weighted by atomic mass is 28.1. The molecule has 0 bridgehead atoms. The van der Waals surface area contributed by atoms with Gasteiger partial charge in [0.1, 0.15) is 0 Å². The molecule has 0 aromatic carbocycles. The van der Waals surface area contributed by atoms with Gasteiger partial charge in [-0.3, -0.25) is 0 Å². The molecule has 0 radical (unpaired) electrons. The minimum Gasteiger partial charge on any atom is -0.379 e. The van der Waals surface area contributed by atoms with Crippen molar-refractivity contribution in [3.05, 3.63) is 0 Å². The van der Waals surface area contributed by atoms with E-state index < -0.39 is 0 Å². The van der Waals surface area contributed by atoms with Crippen LogP contribution >= 0.6 is 0 Å². The van der Waals surface area contributed by atoms with Gasteiger partial charge in [-0.25, -0.2) is 0 Å². The molecule has 0 heterocycles. The molecule has 2 N–H and O–H groups in total. The first-order valence-electron chi connectivity index (χ1n) is 4.10. The summed E-state index contributed by atoms with van der Waals surface area (Å²) in [6.07, 6.45) is 0. The molecule has 0 aromatic rings. The second kappa shape index (κ2) is 5.71. The van der Waals surface area contributed by atoms with Crippen molar-refractivity contribution in [1.29, 1.82) is 0 Å². The van der Waals surface area contributed by atoms with E-state index in [1.165, 1.54) is 0 Å². The highest BCUT2D eigenvalue weighted by molar-refractivity contribution is 6.14. The Morgan fingerprint density at radius 3 is 2.36 bits per heavy atom. The van der Waals surface area contributed by atoms with Crippen molar-refractivity contribution in [2.75, 3.05) is 26.4 Å². The summed E-state index contributed by atoms with van der Waals surface area (Å²) in [6, 6.07) is 0. The average Bonchev–Trinajstić information content (AvgIpc) is 2.02. The van der Waals surface area contributed by atoms with Gasteiger partial charge < -0.3 is 15.2 Å². The lowest BCUT2D eigenvalue weighted by atomic mass is 10.3. The van der Waals surface area contributed by atoms with Gasteiger partial charge in [0.05, 0.1) is 11.8 Å². The largest absolute Gasteiger partial charge is 0.379 e. The Hall–Kier alpha value is 0.0969. The van der Waals surface area contributed by atoms with Crippen LogP contribution in [0.5, 0.6) is 0 Å². The van der Waals surface area contributed by atoms with Gasteiger partial charge in [-0.15, -0.1) is 0 Å². The molecule has 0 spiro atoms. The zero-order valence-corrected chi connectivity index (χ0v) is 9.72. The molecule has 0 aliphatic rings. The molecule has 1 unspecified atom stereocenters. The molecule has 11 heavy (non-hydrogen) atoms. The summed E-state index contributed by atoms with van der Waals surface area (Å²) in [5, 5.41) is -0.162. The molecular formula is C7H19NO2Si. The zero-order chi connectivity index (χ0) is 8.74. The number of nitrogens with two attached hydrogens (primary N) is 1. The van der Waals surface area contributed by atoms with Crippen molar-refractivity contribution in [3.8, 4) is 0 Å². The van der Waals surface area contributed by atoms with Crippen molar-refractivity contribution in [2.45, 2.75) is 19.1 Å². The minimum atomic E-state index is -0.162. The van der Waals surface area contributed by atoms with Crippen LogP contribution in [-0.4, -0.2) is 41.8 Å². The molecular weight excluding hydrogens is 158 g/mol. The number of rotatable bonds is 6. The topological polar surface area (TPSA) is 44.5 Å². The number of hydrogen-bond acceptors (Lipinski definition) is 3. The maximum atomic E-state index is 5.56. The Labute approximate surface area is 71.7 Å². The molecule has 0 fully saturated rings. The highest BCUT2D eigenvalue weighted by Crippen LogP contribution is 2.04. The first kappa shape index (κ1) is 11.1. The van der Waals surface area contributed by atoms with Crippen LogP contribution < -0.4 is 5.73 Å². The Bertz CT molecular complexity index is 102. The van der Waals surface area contributed by atoms with E-state index >= 15 is 0 Å². The zero-order valence-electron chi connectivity index (χ0n) is 7.72. The monoisotopic (exact) mass is 177 g/mol. The predicted molar refractivity (Wildman–Crippen MR) is 49.8 cm³/mol. The normalized spacial score (nSPS) is 16.6. The molecule has 3 nitrogen and oxygen atoms in total. The average molecular weight is 177 g/mol. The van der Waals surface area contributed by atoms with Crippen molar-refractivity contribution in [2.24, 2.45) is 5.73 Å². The molecule has 0 aliphatic carbocycles. The summed E-state index contributed by atoms with van der Waals surface area (Å²) in [4.78, 5) is 0. The van der Waals surface area contributed by atoms with E-state index in [-0.39, 0.29) is 5.22 Å². The maximum absolute atomic E-state index is 5.56. The molecule has 68 valence electrons. The van der Waals surface area contributed by atoms with Gasteiger partial charge in [-0.1, -0.05) is 0 Å². The van der Waals surface area contributed by atoms with Gasteiger partial charge in [0.15, 0.2) is 0 Å². The van der Waals surface area contributed by atoms with Crippen LogP contribution in [-0.2, 0) is 9.47 Å². The van der Waals surface area contributed by atoms with E-state index in [1.54, 1.807) is 0 Å². The van der Waals surface area contributed by atoms with Crippen LogP contribution in [0.2, 0.25) is 0 Å². The summed E-state index contributed by atoms with van der Waals surface area (Å²) in [7, 11) is 0.921. The molecule has 0 saturated carbocycles. The van der Waals surface area contributed by atoms with Crippen LogP contribution in [0.1, 0.15) is 13.8 Å². The first-order valence-corrected chi connectivity index (χ1v) is 5.10. The van der Waals surface area contributed by atoms with E-state index in [4.69, 9.17) is 15.2 Å².